The van der Waals surface area contributed by atoms with Crippen molar-refractivity contribution in [2.75, 3.05) is 32.7 Å². The fraction of sp³-hybridized carbons (Fsp3) is 0.471. The number of aromatic nitrogens is 1. The van der Waals surface area contributed by atoms with Gasteiger partial charge in [-0.05, 0) is 30.7 Å². The molecule has 4 heteroatoms. The fourth-order valence-electron chi connectivity index (χ4n) is 3.67. The van der Waals surface area contributed by atoms with E-state index in [0.717, 1.165) is 30.8 Å². The molecule has 0 radical (unpaired) electrons. The molecule has 2 N–H and O–H groups in total. The maximum absolute atomic E-state index is 6.59. The van der Waals surface area contributed by atoms with E-state index in [-0.39, 0.29) is 6.04 Å². The number of hydrogen-bond acceptors (Lipinski definition) is 4. The van der Waals surface area contributed by atoms with Crippen molar-refractivity contribution in [3.05, 3.63) is 41.6 Å². The minimum Gasteiger partial charge on any atom is -0.323 e. The molecule has 4 heterocycles. The van der Waals surface area contributed by atoms with Gasteiger partial charge >= 0.3 is 0 Å². The van der Waals surface area contributed by atoms with Crippen LogP contribution in [0, 0.1) is 6.92 Å². The van der Waals surface area contributed by atoms with Gasteiger partial charge in [0.15, 0.2) is 0 Å². The van der Waals surface area contributed by atoms with Crippen LogP contribution in [0.2, 0.25) is 0 Å². The monoisotopic (exact) mass is 282 g/mol. The SMILES string of the molecule is Cc1ccc2cc(C(N)C3CN4CCN3CC4)ccc2n1. The largest absolute Gasteiger partial charge is 0.323 e. The molecule has 3 fully saturated rings. The average Bonchev–Trinajstić information content (AvgIpc) is 2.54. The van der Waals surface area contributed by atoms with Crippen molar-refractivity contribution in [3.8, 4) is 0 Å². The summed E-state index contributed by atoms with van der Waals surface area (Å²) in [6, 6.07) is 11.2. The number of nitrogens with two attached hydrogens (primary N) is 1. The second kappa shape index (κ2) is 5.05. The van der Waals surface area contributed by atoms with Crippen molar-refractivity contribution in [2.24, 2.45) is 5.73 Å². The van der Waals surface area contributed by atoms with Gasteiger partial charge in [0.25, 0.3) is 0 Å². The third-order valence-electron chi connectivity index (χ3n) is 4.97. The third kappa shape index (κ3) is 2.33. The molecule has 1 aromatic carbocycles. The molecule has 5 rings (SSSR count). The van der Waals surface area contributed by atoms with Crippen LogP contribution in [-0.4, -0.2) is 53.5 Å². The topological polar surface area (TPSA) is 45.4 Å². The Balaban J connectivity index is 1.64. The maximum atomic E-state index is 6.59. The number of benzene rings is 1. The first-order valence-electron chi connectivity index (χ1n) is 7.80. The predicted octanol–water partition coefficient (Wildman–Crippen LogP) is 1.54. The molecule has 0 aliphatic carbocycles. The molecule has 3 saturated heterocycles. The number of aryl methyl sites for hydroxylation is 1. The lowest BCUT2D eigenvalue weighted by molar-refractivity contribution is 0.00216. The molecule has 0 spiro atoms. The van der Waals surface area contributed by atoms with Gasteiger partial charge in [-0.2, -0.15) is 0 Å². The van der Waals surface area contributed by atoms with Crippen molar-refractivity contribution in [1.82, 2.24) is 14.8 Å². The molecule has 0 saturated carbocycles. The van der Waals surface area contributed by atoms with Crippen molar-refractivity contribution in [3.63, 3.8) is 0 Å². The molecule has 4 nitrogen and oxygen atoms in total. The predicted molar refractivity (Wildman–Crippen MR) is 85.2 cm³/mol. The summed E-state index contributed by atoms with van der Waals surface area (Å²) < 4.78 is 0. The molecule has 2 aromatic rings. The van der Waals surface area contributed by atoms with Crippen LogP contribution in [0.4, 0.5) is 0 Å². The zero-order chi connectivity index (χ0) is 14.4. The van der Waals surface area contributed by atoms with Gasteiger partial charge in [0, 0.05) is 55.9 Å². The van der Waals surface area contributed by atoms with Crippen LogP contribution in [0.1, 0.15) is 17.3 Å². The van der Waals surface area contributed by atoms with E-state index in [1.54, 1.807) is 0 Å². The smallest absolute Gasteiger partial charge is 0.0705 e. The van der Waals surface area contributed by atoms with E-state index in [4.69, 9.17) is 5.73 Å². The lowest BCUT2D eigenvalue weighted by Gasteiger charge is -2.49. The Morgan fingerprint density at radius 3 is 2.67 bits per heavy atom. The fourth-order valence-corrected chi connectivity index (χ4v) is 3.67. The number of pyridine rings is 1. The minimum atomic E-state index is 0.0822. The van der Waals surface area contributed by atoms with E-state index in [0.29, 0.717) is 6.04 Å². The standard InChI is InChI=1S/C17H22N4/c1-12-2-3-13-10-14(4-5-15(13)19-12)17(18)16-11-20-6-8-21(16)9-7-20/h2-5,10,16-17H,6-9,11,18H2,1H3. The Morgan fingerprint density at radius 1 is 1.14 bits per heavy atom. The van der Waals surface area contributed by atoms with E-state index >= 15 is 0 Å². The number of piperazine rings is 3. The molecule has 1 aromatic heterocycles. The third-order valence-corrected chi connectivity index (χ3v) is 4.97. The van der Waals surface area contributed by atoms with Crippen LogP contribution < -0.4 is 5.73 Å². The molecule has 21 heavy (non-hydrogen) atoms. The molecular weight excluding hydrogens is 260 g/mol. The zero-order valence-corrected chi connectivity index (χ0v) is 12.5. The Hall–Kier alpha value is -1.49. The Bertz CT molecular complexity index is 661. The summed E-state index contributed by atoms with van der Waals surface area (Å²) in [6.45, 7) is 7.85. The van der Waals surface area contributed by atoms with Crippen LogP contribution >= 0.6 is 0 Å². The Morgan fingerprint density at radius 2 is 1.95 bits per heavy atom. The van der Waals surface area contributed by atoms with Crippen LogP contribution in [0.25, 0.3) is 10.9 Å². The molecule has 3 aliphatic heterocycles. The van der Waals surface area contributed by atoms with Crippen LogP contribution in [0.15, 0.2) is 30.3 Å². The highest BCUT2D eigenvalue weighted by Crippen LogP contribution is 2.27. The molecule has 0 amide bonds. The second-order valence-corrected chi connectivity index (χ2v) is 6.33. The van der Waals surface area contributed by atoms with Gasteiger partial charge in [-0.15, -0.1) is 0 Å². The van der Waals surface area contributed by atoms with E-state index in [1.807, 2.05) is 6.92 Å². The zero-order valence-electron chi connectivity index (χ0n) is 12.5. The minimum absolute atomic E-state index is 0.0822. The van der Waals surface area contributed by atoms with Crippen LogP contribution in [-0.2, 0) is 0 Å². The summed E-state index contributed by atoms with van der Waals surface area (Å²) >= 11 is 0. The lowest BCUT2D eigenvalue weighted by atomic mass is 9.94. The first kappa shape index (κ1) is 13.2. The number of fused-ring (bicyclic) bond motifs is 4. The molecular formula is C17H22N4. The summed E-state index contributed by atoms with van der Waals surface area (Å²) in [5.74, 6) is 0. The molecule has 2 atom stereocenters. The summed E-state index contributed by atoms with van der Waals surface area (Å²) in [6.07, 6.45) is 0. The maximum Gasteiger partial charge on any atom is 0.0705 e. The summed E-state index contributed by atoms with van der Waals surface area (Å²) in [7, 11) is 0. The van der Waals surface area contributed by atoms with Gasteiger partial charge in [-0.3, -0.25) is 14.8 Å². The van der Waals surface area contributed by atoms with E-state index < -0.39 is 0 Å². The summed E-state index contributed by atoms with van der Waals surface area (Å²) in [4.78, 5) is 9.66. The van der Waals surface area contributed by atoms with Crippen molar-refractivity contribution >= 4 is 10.9 Å². The first-order valence-corrected chi connectivity index (χ1v) is 7.80. The Labute approximate surface area is 125 Å². The van der Waals surface area contributed by atoms with Crippen LogP contribution in [0.3, 0.4) is 0 Å². The summed E-state index contributed by atoms with van der Waals surface area (Å²) in [5, 5.41) is 1.19. The van der Waals surface area contributed by atoms with Gasteiger partial charge in [-0.1, -0.05) is 12.1 Å². The molecule has 2 bridgehead atoms. The van der Waals surface area contributed by atoms with E-state index in [2.05, 4.69) is 45.1 Å². The highest BCUT2D eigenvalue weighted by molar-refractivity contribution is 5.79. The molecule has 3 aliphatic rings. The molecule has 2 unspecified atom stereocenters. The average molecular weight is 282 g/mol. The summed E-state index contributed by atoms with van der Waals surface area (Å²) in [5.41, 5.74) is 9.93. The first-order chi connectivity index (χ1) is 10.2. The number of rotatable bonds is 2. The van der Waals surface area contributed by atoms with Gasteiger partial charge in [-0.25, -0.2) is 0 Å². The lowest BCUT2D eigenvalue weighted by Crippen LogP contribution is -2.63. The number of nitrogens with zero attached hydrogens (tertiary/aromatic N) is 3. The van der Waals surface area contributed by atoms with Gasteiger partial charge in [0.2, 0.25) is 0 Å². The Kier molecular flexibility index (Phi) is 3.17. The van der Waals surface area contributed by atoms with Crippen molar-refractivity contribution in [1.29, 1.82) is 0 Å². The van der Waals surface area contributed by atoms with Crippen molar-refractivity contribution in [2.45, 2.75) is 19.0 Å². The van der Waals surface area contributed by atoms with Gasteiger partial charge < -0.3 is 5.73 Å². The van der Waals surface area contributed by atoms with E-state index in [1.165, 1.54) is 24.0 Å². The van der Waals surface area contributed by atoms with Crippen molar-refractivity contribution < 1.29 is 0 Å². The van der Waals surface area contributed by atoms with E-state index in [9.17, 15) is 0 Å². The van der Waals surface area contributed by atoms with Gasteiger partial charge in [0.05, 0.1) is 5.52 Å². The van der Waals surface area contributed by atoms with Gasteiger partial charge in [0.1, 0.15) is 0 Å². The molecule has 110 valence electrons. The quantitative estimate of drug-likeness (QED) is 0.907. The normalized spacial score (nSPS) is 29.7. The number of hydrogen-bond donors (Lipinski definition) is 1. The highest BCUT2D eigenvalue weighted by Gasteiger charge is 2.35. The second-order valence-electron chi connectivity index (χ2n) is 6.33. The van der Waals surface area contributed by atoms with Crippen LogP contribution in [0.5, 0.6) is 0 Å². The highest BCUT2D eigenvalue weighted by atomic mass is 15.3.